The Labute approximate surface area is 199 Å². The number of hydrogen-bond acceptors (Lipinski definition) is 9. The summed E-state index contributed by atoms with van der Waals surface area (Å²) in [5.41, 5.74) is 1.60. The van der Waals surface area contributed by atoms with Gasteiger partial charge in [0.05, 0.1) is 31.3 Å². The largest absolute Gasteiger partial charge is 0.378 e. The summed E-state index contributed by atoms with van der Waals surface area (Å²) in [7, 11) is -2.84. The quantitative estimate of drug-likeness (QED) is 0.561. The van der Waals surface area contributed by atoms with Crippen molar-refractivity contribution in [2.45, 2.75) is 38.9 Å². The number of aryl methyl sites for hydroxylation is 1. The van der Waals surface area contributed by atoms with Gasteiger partial charge in [-0.1, -0.05) is 0 Å². The van der Waals surface area contributed by atoms with Gasteiger partial charge in [0, 0.05) is 51.9 Å². The maximum atomic E-state index is 11.7. The van der Waals surface area contributed by atoms with E-state index in [1.54, 1.807) is 0 Å². The topological polar surface area (TPSA) is 96.7 Å². The maximum absolute atomic E-state index is 11.7. The smallest absolute Gasteiger partial charge is 0.226 e. The molecular formula is C21H32ClN7O3S. The second-order valence-electron chi connectivity index (χ2n) is 9.06. The van der Waals surface area contributed by atoms with Crippen LogP contribution in [0.4, 0.5) is 5.82 Å². The molecule has 0 spiro atoms. The van der Waals surface area contributed by atoms with E-state index in [0.717, 1.165) is 74.9 Å². The highest BCUT2D eigenvalue weighted by molar-refractivity contribution is 7.91. The number of hydrogen-bond donors (Lipinski definition) is 0. The Morgan fingerprint density at radius 3 is 2.36 bits per heavy atom. The standard InChI is InChI=1S/C21H32ClN7O3S/c1-2-29-17(15-26-5-3-16(4-6-26)27-9-13-33(30,31)14-10-27)23-18-19(24-21(22)25-20(18)29)28-7-11-32-12-8-28/h16H,2-15H2,1H3. The third kappa shape index (κ3) is 4.97. The van der Waals surface area contributed by atoms with Gasteiger partial charge in [-0.15, -0.1) is 0 Å². The van der Waals surface area contributed by atoms with Crippen LogP contribution in [0, 0.1) is 0 Å². The lowest BCUT2D eigenvalue weighted by atomic mass is 10.0. The molecule has 0 atom stereocenters. The van der Waals surface area contributed by atoms with E-state index in [9.17, 15) is 8.42 Å². The van der Waals surface area contributed by atoms with E-state index in [1.165, 1.54) is 0 Å². The Hall–Kier alpha value is -1.53. The fourth-order valence-electron chi connectivity index (χ4n) is 5.19. The van der Waals surface area contributed by atoms with Crippen LogP contribution in [0.3, 0.4) is 0 Å². The van der Waals surface area contributed by atoms with E-state index < -0.39 is 9.84 Å². The molecule has 2 aromatic heterocycles. The van der Waals surface area contributed by atoms with E-state index in [4.69, 9.17) is 21.3 Å². The van der Waals surface area contributed by atoms with Crippen LogP contribution in [0.25, 0.3) is 11.2 Å². The fourth-order valence-corrected chi connectivity index (χ4v) is 6.58. The van der Waals surface area contributed by atoms with Crippen LogP contribution in [0.1, 0.15) is 25.6 Å². The van der Waals surface area contributed by atoms with Gasteiger partial charge in [-0.2, -0.15) is 9.97 Å². The zero-order valence-electron chi connectivity index (χ0n) is 19.1. The molecule has 0 aromatic carbocycles. The minimum Gasteiger partial charge on any atom is -0.378 e. The van der Waals surface area contributed by atoms with Crippen molar-refractivity contribution in [3.63, 3.8) is 0 Å². The lowest BCUT2D eigenvalue weighted by Gasteiger charge is -2.39. The van der Waals surface area contributed by atoms with Crippen molar-refractivity contribution in [2.75, 3.05) is 68.9 Å². The van der Waals surface area contributed by atoms with Crippen molar-refractivity contribution in [2.24, 2.45) is 0 Å². The van der Waals surface area contributed by atoms with E-state index in [0.29, 0.717) is 43.9 Å². The molecule has 0 amide bonds. The number of sulfone groups is 1. The summed E-state index contributed by atoms with van der Waals surface area (Å²) in [6.45, 7) is 9.78. The first-order valence-electron chi connectivity index (χ1n) is 11.9. The number of piperidine rings is 1. The number of ether oxygens (including phenoxy) is 1. The molecule has 12 heteroatoms. The van der Waals surface area contributed by atoms with Crippen LogP contribution < -0.4 is 4.90 Å². The number of halogens is 1. The molecule has 33 heavy (non-hydrogen) atoms. The van der Waals surface area contributed by atoms with Crippen molar-refractivity contribution in [3.05, 3.63) is 11.1 Å². The van der Waals surface area contributed by atoms with E-state index in [1.807, 2.05) is 0 Å². The van der Waals surface area contributed by atoms with Crippen molar-refractivity contribution in [1.29, 1.82) is 0 Å². The zero-order valence-corrected chi connectivity index (χ0v) is 20.7. The van der Waals surface area contributed by atoms with Crippen LogP contribution in [-0.2, 0) is 27.7 Å². The molecule has 0 saturated carbocycles. The highest BCUT2D eigenvalue weighted by atomic mass is 35.5. The average Bonchev–Trinajstić information content (AvgIpc) is 3.16. The zero-order chi connectivity index (χ0) is 23.0. The lowest BCUT2D eigenvalue weighted by Crippen LogP contribution is -2.50. The Morgan fingerprint density at radius 1 is 1.00 bits per heavy atom. The van der Waals surface area contributed by atoms with Gasteiger partial charge in [0.1, 0.15) is 5.82 Å². The van der Waals surface area contributed by atoms with Crippen LogP contribution in [0.15, 0.2) is 0 Å². The normalized spacial score (nSPS) is 23.4. The number of aromatic nitrogens is 4. The predicted molar refractivity (Wildman–Crippen MR) is 128 cm³/mol. The molecule has 0 radical (unpaired) electrons. The summed E-state index contributed by atoms with van der Waals surface area (Å²) in [5, 5.41) is 0.245. The molecule has 3 fully saturated rings. The first-order chi connectivity index (χ1) is 15.9. The van der Waals surface area contributed by atoms with Crippen molar-refractivity contribution in [1.82, 2.24) is 29.3 Å². The molecule has 5 rings (SSSR count). The first-order valence-corrected chi connectivity index (χ1v) is 14.1. The highest BCUT2D eigenvalue weighted by Crippen LogP contribution is 2.28. The van der Waals surface area contributed by atoms with Gasteiger partial charge in [0.2, 0.25) is 5.28 Å². The monoisotopic (exact) mass is 497 g/mol. The summed E-state index contributed by atoms with van der Waals surface area (Å²) < 4.78 is 31.1. The van der Waals surface area contributed by atoms with E-state index >= 15 is 0 Å². The molecule has 3 aliphatic heterocycles. The summed E-state index contributed by atoms with van der Waals surface area (Å²) >= 11 is 6.31. The maximum Gasteiger partial charge on any atom is 0.226 e. The molecule has 3 saturated heterocycles. The molecule has 3 aliphatic rings. The number of nitrogens with zero attached hydrogens (tertiary/aromatic N) is 7. The molecule has 2 aromatic rings. The third-order valence-electron chi connectivity index (χ3n) is 7.07. The number of rotatable bonds is 5. The Kier molecular flexibility index (Phi) is 6.76. The molecule has 5 heterocycles. The van der Waals surface area contributed by atoms with E-state index in [-0.39, 0.29) is 5.28 Å². The van der Waals surface area contributed by atoms with Gasteiger partial charge >= 0.3 is 0 Å². The van der Waals surface area contributed by atoms with Gasteiger partial charge in [0.15, 0.2) is 26.8 Å². The highest BCUT2D eigenvalue weighted by Gasteiger charge is 2.30. The molecule has 0 bridgehead atoms. The molecule has 0 N–H and O–H groups in total. The van der Waals surface area contributed by atoms with Gasteiger partial charge in [-0.05, 0) is 31.4 Å². The molecule has 10 nitrogen and oxygen atoms in total. The van der Waals surface area contributed by atoms with Gasteiger partial charge in [-0.25, -0.2) is 13.4 Å². The second-order valence-corrected chi connectivity index (χ2v) is 11.7. The summed E-state index contributed by atoms with van der Waals surface area (Å²) in [4.78, 5) is 21.0. The molecular weight excluding hydrogens is 466 g/mol. The van der Waals surface area contributed by atoms with Gasteiger partial charge in [0.25, 0.3) is 0 Å². The van der Waals surface area contributed by atoms with Crippen LogP contribution in [0.5, 0.6) is 0 Å². The summed E-state index contributed by atoms with van der Waals surface area (Å²) in [5.74, 6) is 2.37. The summed E-state index contributed by atoms with van der Waals surface area (Å²) in [6, 6.07) is 0.472. The van der Waals surface area contributed by atoms with Crippen molar-refractivity contribution >= 4 is 38.4 Å². The van der Waals surface area contributed by atoms with E-state index in [2.05, 4.69) is 36.2 Å². The molecule has 0 aliphatic carbocycles. The number of fused-ring (bicyclic) bond motifs is 1. The van der Waals surface area contributed by atoms with Crippen LogP contribution in [0.2, 0.25) is 5.28 Å². The van der Waals surface area contributed by atoms with Gasteiger partial charge in [-0.3, -0.25) is 9.80 Å². The Bertz CT molecular complexity index is 1080. The molecule has 0 unspecified atom stereocenters. The van der Waals surface area contributed by atoms with Crippen molar-refractivity contribution in [3.8, 4) is 0 Å². The Morgan fingerprint density at radius 2 is 1.70 bits per heavy atom. The Balaban J connectivity index is 1.30. The predicted octanol–water partition coefficient (Wildman–Crippen LogP) is 1.03. The minimum absolute atomic E-state index is 0.245. The summed E-state index contributed by atoms with van der Waals surface area (Å²) in [6.07, 6.45) is 2.11. The fraction of sp³-hybridized carbons (Fsp3) is 0.762. The SMILES string of the molecule is CCn1c(CN2CCC(N3CCS(=O)(=O)CC3)CC2)nc2c(N3CCOCC3)nc(Cl)nc21. The van der Waals surface area contributed by atoms with Gasteiger partial charge < -0.3 is 14.2 Å². The lowest BCUT2D eigenvalue weighted by molar-refractivity contribution is 0.109. The number of anilines is 1. The second kappa shape index (κ2) is 9.61. The number of imidazole rings is 1. The number of morpholine rings is 1. The average molecular weight is 498 g/mol. The minimum atomic E-state index is -2.84. The van der Waals surface area contributed by atoms with Crippen molar-refractivity contribution < 1.29 is 13.2 Å². The number of likely N-dealkylation sites (tertiary alicyclic amines) is 1. The third-order valence-corrected chi connectivity index (χ3v) is 8.85. The molecule has 182 valence electrons. The van der Waals surface area contributed by atoms with Crippen LogP contribution >= 0.6 is 11.6 Å². The van der Waals surface area contributed by atoms with Crippen LogP contribution in [-0.4, -0.2) is 108 Å². The first kappa shape index (κ1) is 23.2.